The number of carbonyl (C=O) groups excluding carboxylic acids is 1. The van der Waals surface area contributed by atoms with Crippen molar-refractivity contribution < 1.29 is 13.9 Å². The Bertz CT molecular complexity index is 453. The van der Waals surface area contributed by atoms with E-state index in [4.69, 9.17) is 10.5 Å². The number of ether oxygens (including phenoxy) is 1. The van der Waals surface area contributed by atoms with E-state index in [9.17, 15) is 9.18 Å². The first-order chi connectivity index (χ1) is 8.90. The molecular weight excluding hydrogens is 283 g/mol. The fourth-order valence-corrected chi connectivity index (χ4v) is 1.76. The summed E-state index contributed by atoms with van der Waals surface area (Å²) < 4.78 is 18.7. The van der Waals surface area contributed by atoms with Gasteiger partial charge in [0.15, 0.2) is 11.6 Å². The molecule has 0 radical (unpaired) electrons. The summed E-state index contributed by atoms with van der Waals surface area (Å²) in [7, 11) is 0. The van der Waals surface area contributed by atoms with Crippen molar-refractivity contribution in [2.75, 3.05) is 11.9 Å². The number of rotatable bonds is 6. The van der Waals surface area contributed by atoms with E-state index < -0.39 is 11.4 Å². The van der Waals surface area contributed by atoms with Gasteiger partial charge in [-0.3, -0.25) is 4.79 Å². The highest BCUT2D eigenvalue weighted by Gasteiger charge is 2.27. The number of hydrogen-bond acceptors (Lipinski definition) is 3. The average Bonchev–Trinajstić information content (AvgIpc) is 2.32. The minimum absolute atomic E-state index is 0. The Labute approximate surface area is 125 Å². The van der Waals surface area contributed by atoms with E-state index >= 15 is 0 Å². The van der Waals surface area contributed by atoms with Gasteiger partial charge in [0, 0.05) is 11.8 Å². The summed E-state index contributed by atoms with van der Waals surface area (Å²) in [5.41, 5.74) is 5.32. The molecule has 0 aromatic heterocycles. The molecule has 0 spiro atoms. The number of amides is 1. The Balaban J connectivity index is 0.00000361. The van der Waals surface area contributed by atoms with Crippen molar-refractivity contribution in [3.8, 4) is 5.75 Å². The fraction of sp³-hybridized carbons (Fsp3) is 0.500. The minimum Gasteiger partial charge on any atom is -0.491 e. The summed E-state index contributed by atoms with van der Waals surface area (Å²) in [6, 6.07) is 4.31. The Kier molecular flexibility index (Phi) is 7.53. The minimum atomic E-state index is -0.955. The van der Waals surface area contributed by atoms with Crippen LogP contribution in [0.3, 0.4) is 0 Å². The molecule has 1 atom stereocenters. The number of halogens is 2. The van der Waals surface area contributed by atoms with Crippen LogP contribution >= 0.6 is 12.4 Å². The summed E-state index contributed by atoms with van der Waals surface area (Å²) in [4.78, 5) is 12.0. The quantitative estimate of drug-likeness (QED) is 0.849. The molecule has 1 aromatic carbocycles. The van der Waals surface area contributed by atoms with Gasteiger partial charge in [0.25, 0.3) is 0 Å². The Morgan fingerprint density at radius 1 is 1.45 bits per heavy atom. The van der Waals surface area contributed by atoms with Crippen LogP contribution in [0, 0.1) is 5.82 Å². The Hall–Kier alpha value is -1.33. The number of benzene rings is 1. The normalized spacial score (nSPS) is 13.1. The topological polar surface area (TPSA) is 64.4 Å². The van der Waals surface area contributed by atoms with Crippen LogP contribution in [-0.2, 0) is 4.79 Å². The zero-order chi connectivity index (χ0) is 14.5. The molecule has 0 bridgehead atoms. The van der Waals surface area contributed by atoms with Crippen molar-refractivity contribution >= 4 is 24.0 Å². The van der Waals surface area contributed by atoms with Gasteiger partial charge in [-0.2, -0.15) is 0 Å². The largest absolute Gasteiger partial charge is 0.491 e. The molecule has 0 aliphatic heterocycles. The third-order valence-corrected chi connectivity index (χ3v) is 2.78. The van der Waals surface area contributed by atoms with E-state index in [0.29, 0.717) is 18.7 Å². The first-order valence-electron chi connectivity index (χ1n) is 6.43. The molecule has 3 N–H and O–H groups in total. The van der Waals surface area contributed by atoms with Gasteiger partial charge in [0.1, 0.15) is 0 Å². The van der Waals surface area contributed by atoms with Crippen LogP contribution in [0.2, 0.25) is 0 Å². The predicted molar refractivity (Wildman–Crippen MR) is 80.9 cm³/mol. The van der Waals surface area contributed by atoms with Gasteiger partial charge in [0.05, 0.1) is 12.1 Å². The first kappa shape index (κ1) is 18.7. The lowest BCUT2D eigenvalue weighted by Crippen LogP contribution is -2.48. The SMILES string of the molecule is CCCC(C)(N)C(=O)Nc1ccc(OCC)c(F)c1.Cl. The summed E-state index contributed by atoms with van der Waals surface area (Å²) in [5.74, 6) is -0.656. The molecule has 0 heterocycles. The van der Waals surface area contributed by atoms with Crippen LogP contribution in [0.1, 0.15) is 33.6 Å². The van der Waals surface area contributed by atoms with E-state index in [-0.39, 0.29) is 24.1 Å². The molecule has 1 amide bonds. The summed E-state index contributed by atoms with van der Waals surface area (Å²) >= 11 is 0. The van der Waals surface area contributed by atoms with Crippen LogP contribution in [-0.4, -0.2) is 18.1 Å². The predicted octanol–water partition coefficient (Wildman–Crippen LogP) is 3.10. The van der Waals surface area contributed by atoms with Crippen LogP contribution < -0.4 is 15.8 Å². The number of carbonyl (C=O) groups is 1. The Morgan fingerprint density at radius 3 is 2.60 bits per heavy atom. The highest BCUT2D eigenvalue weighted by Crippen LogP contribution is 2.22. The number of anilines is 1. The van der Waals surface area contributed by atoms with Crippen molar-refractivity contribution in [2.45, 2.75) is 39.2 Å². The van der Waals surface area contributed by atoms with Crippen molar-refractivity contribution in [3.05, 3.63) is 24.0 Å². The number of nitrogens with two attached hydrogens (primary N) is 1. The van der Waals surface area contributed by atoms with Gasteiger partial charge in [-0.25, -0.2) is 4.39 Å². The lowest BCUT2D eigenvalue weighted by Gasteiger charge is -2.22. The monoisotopic (exact) mass is 304 g/mol. The standard InChI is InChI=1S/C14H21FN2O2.ClH/c1-4-8-14(3,16)13(18)17-10-6-7-12(19-5-2)11(15)9-10;/h6-7,9H,4-5,8,16H2,1-3H3,(H,17,18);1H. The van der Waals surface area contributed by atoms with Crippen molar-refractivity contribution in [1.82, 2.24) is 0 Å². The second-order valence-corrected chi connectivity index (χ2v) is 4.70. The molecule has 4 nitrogen and oxygen atoms in total. The average molecular weight is 305 g/mol. The van der Waals surface area contributed by atoms with Crippen molar-refractivity contribution in [2.24, 2.45) is 5.73 Å². The Morgan fingerprint density at radius 2 is 2.10 bits per heavy atom. The van der Waals surface area contributed by atoms with Crippen LogP contribution in [0.4, 0.5) is 10.1 Å². The molecule has 114 valence electrons. The molecule has 1 aromatic rings. The van der Waals surface area contributed by atoms with Crippen LogP contribution in [0.5, 0.6) is 5.75 Å². The molecule has 1 rings (SSSR count). The molecule has 6 heteroatoms. The van der Waals surface area contributed by atoms with Crippen LogP contribution in [0.15, 0.2) is 18.2 Å². The molecule has 0 saturated carbocycles. The molecule has 0 fully saturated rings. The van der Waals surface area contributed by atoms with E-state index in [0.717, 1.165) is 6.42 Å². The third-order valence-electron chi connectivity index (χ3n) is 2.78. The van der Waals surface area contributed by atoms with Gasteiger partial charge in [-0.15, -0.1) is 12.4 Å². The molecular formula is C14H22ClFN2O2. The van der Waals surface area contributed by atoms with Gasteiger partial charge >= 0.3 is 0 Å². The maximum atomic E-state index is 13.6. The van der Waals surface area contributed by atoms with Gasteiger partial charge < -0.3 is 15.8 Å². The zero-order valence-corrected chi connectivity index (χ0v) is 12.8. The van der Waals surface area contributed by atoms with Crippen molar-refractivity contribution in [1.29, 1.82) is 0 Å². The smallest absolute Gasteiger partial charge is 0.244 e. The maximum Gasteiger partial charge on any atom is 0.244 e. The highest BCUT2D eigenvalue weighted by atomic mass is 35.5. The lowest BCUT2D eigenvalue weighted by molar-refractivity contribution is -0.120. The summed E-state index contributed by atoms with van der Waals surface area (Å²) in [6.07, 6.45) is 1.37. The van der Waals surface area contributed by atoms with Gasteiger partial charge in [-0.1, -0.05) is 13.3 Å². The molecule has 0 saturated heterocycles. The van der Waals surface area contributed by atoms with Gasteiger partial charge in [-0.05, 0) is 32.4 Å². The zero-order valence-electron chi connectivity index (χ0n) is 12.0. The van der Waals surface area contributed by atoms with E-state index in [2.05, 4.69) is 5.32 Å². The lowest BCUT2D eigenvalue weighted by atomic mass is 9.96. The van der Waals surface area contributed by atoms with Crippen LogP contribution in [0.25, 0.3) is 0 Å². The molecule has 0 aliphatic carbocycles. The third kappa shape index (κ3) is 4.98. The highest BCUT2D eigenvalue weighted by molar-refractivity contribution is 5.97. The van der Waals surface area contributed by atoms with Gasteiger partial charge in [0.2, 0.25) is 5.91 Å². The second-order valence-electron chi connectivity index (χ2n) is 4.70. The van der Waals surface area contributed by atoms with E-state index in [1.54, 1.807) is 19.9 Å². The first-order valence-corrected chi connectivity index (χ1v) is 6.43. The molecule has 0 aliphatic rings. The fourth-order valence-electron chi connectivity index (χ4n) is 1.76. The summed E-state index contributed by atoms with van der Waals surface area (Å²) in [6.45, 7) is 5.78. The van der Waals surface area contributed by atoms with Crippen molar-refractivity contribution in [3.63, 3.8) is 0 Å². The maximum absolute atomic E-state index is 13.6. The molecule has 1 unspecified atom stereocenters. The summed E-state index contributed by atoms with van der Waals surface area (Å²) in [5, 5.41) is 2.62. The van der Waals surface area contributed by atoms with E-state index in [1.807, 2.05) is 6.92 Å². The second kappa shape index (κ2) is 8.07. The van der Waals surface area contributed by atoms with E-state index in [1.165, 1.54) is 12.1 Å². The number of hydrogen-bond donors (Lipinski definition) is 2. The molecule has 20 heavy (non-hydrogen) atoms. The number of nitrogens with one attached hydrogen (secondary N) is 1.